The number of nitro groups is 2. The molecule has 0 saturated heterocycles. The largest absolute Gasteiger partial charge is 0.265 e. The molecule has 0 unspecified atom stereocenters. The summed E-state index contributed by atoms with van der Waals surface area (Å²) in [7, 11) is 0. The minimum Gasteiger partial charge on any atom is -0.265 e. The summed E-state index contributed by atoms with van der Waals surface area (Å²) in [5, 5.41) is 20.3. The molecule has 0 amide bonds. The Balaban J connectivity index is 0.000000240. The molecular formula is C18H20N2O4. The second kappa shape index (κ2) is 9.89. The van der Waals surface area contributed by atoms with Crippen molar-refractivity contribution in [1.82, 2.24) is 0 Å². The van der Waals surface area contributed by atoms with Crippen LogP contribution in [-0.4, -0.2) is 16.4 Å². The molecule has 2 aromatic rings. The van der Waals surface area contributed by atoms with Gasteiger partial charge >= 0.3 is 0 Å². The van der Waals surface area contributed by atoms with Crippen molar-refractivity contribution in [2.24, 2.45) is 0 Å². The molecule has 24 heavy (non-hydrogen) atoms. The lowest BCUT2D eigenvalue weighted by Gasteiger charge is -2.05. The first-order valence-corrected chi connectivity index (χ1v) is 7.44. The Hall–Kier alpha value is -3.02. The zero-order chi connectivity index (χ0) is 17.9. The predicted molar refractivity (Wildman–Crippen MR) is 93.8 cm³/mol. The third-order valence-corrected chi connectivity index (χ3v) is 3.32. The van der Waals surface area contributed by atoms with Crippen molar-refractivity contribution < 1.29 is 9.85 Å². The molecule has 0 aromatic heterocycles. The second-order valence-electron chi connectivity index (χ2n) is 5.29. The molecule has 2 aromatic carbocycles. The molecule has 2 rings (SSSR count). The van der Waals surface area contributed by atoms with E-state index in [-0.39, 0.29) is 17.4 Å². The van der Waals surface area contributed by atoms with Crippen LogP contribution in [0.4, 0.5) is 0 Å². The van der Waals surface area contributed by atoms with E-state index in [9.17, 15) is 20.2 Å². The highest BCUT2D eigenvalue weighted by Gasteiger charge is 2.10. The summed E-state index contributed by atoms with van der Waals surface area (Å²) < 4.78 is 0. The predicted octanol–water partition coefficient (Wildman–Crippen LogP) is 4.39. The molecule has 0 bridgehead atoms. The Bertz CT molecular complexity index is 685. The molecule has 6 heteroatoms. The molecular weight excluding hydrogens is 308 g/mol. The van der Waals surface area contributed by atoms with Crippen molar-refractivity contribution >= 4 is 5.57 Å². The van der Waals surface area contributed by atoms with Gasteiger partial charge in [0, 0.05) is 16.4 Å². The summed E-state index contributed by atoms with van der Waals surface area (Å²) in [6.45, 7) is 3.58. The van der Waals surface area contributed by atoms with Crippen LogP contribution in [0.2, 0.25) is 0 Å². The normalized spacial score (nSPS) is 11.8. The Kier molecular flexibility index (Phi) is 7.84. The molecule has 0 spiro atoms. The average Bonchev–Trinajstić information content (AvgIpc) is 2.56. The molecule has 0 saturated carbocycles. The molecule has 0 heterocycles. The molecule has 0 aliphatic rings. The third-order valence-electron chi connectivity index (χ3n) is 3.32. The lowest BCUT2D eigenvalue weighted by Crippen LogP contribution is -2.08. The standard InChI is InChI=1S/C9H11NO2.C9H9NO2/c2*1-8(7-10(11)12)9-5-3-2-4-6-9/h2-6,8H,7H2,1H3;2-7H,1H3/b;8-7+/t8-;/m0./s1. The van der Waals surface area contributed by atoms with Crippen molar-refractivity contribution in [3.63, 3.8) is 0 Å². The van der Waals surface area contributed by atoms with Crippen molar-refractivity contribution in [2.75, 3.05) is 6.54 Å². The highest BCUT2D eigenvalue weighted by molar-refractivity contribution is 5.62. The van der Waals surface area contributed by atoms with E-state index < -0.39 is 4.92 Å². The van der Waals surface area contributed by atoms with E-state index in [4.69, 9.17) is 0 Å². The van der Waals surface area contributed by atoms with E-state index in [1.165, 1.54) is 0 Å². The zero-order valence-corrected chi connectivity index (χ0v) is 13.7. The lowest BCUT2D eigenvalue weighted by molar-refractivity contribution is -0.482. The summed E-state index contributed by atoms with van der Waals surface area (Å²) in [6.07, 6.45) is 1.01. The van der Waals surface area contributed by atoms with Crippen molar-refractivity contribution in [1.29, 1.82) is 0 Å². The average molecular weight is 328 g/mol. The Morgan fingerprint density at radius 3 is 1.96 bits per heavy atom. The summed E-state index contributed by atoms with van der Waals surface area (Å²) >= 11 is 0. The summed E-state index contributed by atoms with van der Waals surface area (Å²) in [6, 6.07) is 18.8. The van der Waals surface area contributed by atoms with Crippen LogP contribution in [0.1, 0.15) is 30.9 Å². The molecule has 0 aliphatic heterocycles. The highest BCUT2D eigenvalue weighted by Crippen LogP contribution is 2.14. The molecule has 0 fully saturated rings. The van der Waals surface area contributed by atoms with E-state index in [1.54, 1.807) is 6.92 Å². The van der Waals surface area contributed by atoms with Gasteiger partial charge in [0.1, 0.15) is 0 Å². The van der Waals surface area contributed by atoms with Crippen LogP contribution in [0, 0.1) is 20.2 Å². The van der Waals surface area contributed by atoms with Crippen molar-refractivity contribution in [3.05, 3.63) is 98.2 Å². The summed E-state index contributed by atoms with van der Waals surface area (Å²) in [5.74, 6) is 0.00111. The van der Waals surface area contributed by atoms with Gasteiger partial charge in [-0.1, -0.05) is 67.6 Å². The second-order valence-corrected chi connectivity index (χ2v) is 5.29. The van der Waals surface area contributed by atoms with Gasteiger partial charge in [0.05, 0.1) is 4.92 Å². The van der Waals surface area contributed by atoms with E-state index in [2.05, 4.69) is 0 Å². The van der Waals surface area contributed by atoms with Crippen LogP contribution in [0.5, 0.6) is 0 Å². The first-order valence-electron chi connectivity index (χ1n) is 7.44. The number of rotatable bonds is 5. The van der Waals surface area contributed by atoms with Gasteiger partial charge in [-0.3, -0.25) is 20.2 Å². The Morgan fingerprint density at radius 2 is 1.50 bits per heavy atom. The van der Waals surface area contributed by atoms with E-state index in [0.717, 1.165) is 17.3 Å². The maximum atomic E-state index is 10.2. The number of benzene rings is 2. The van der Waals surface area contributed by atoms with E-state index in [0.29, 0.717) is 5.57 Å². The van der Waals surface area contributed by atoms with Gasteiger partial charge < -0.3 is 0 Å². The van der Waals surface area contributed by atoms with Crippen molar-refractivity contribution in [2.45, 2.75) is 19.8 Å². The minimum atomic E-state index is -0.442. The van der Waals surface area contributed by atoms with Crippen LogP contribution < -0.4 is 0 Å². The highest BCUT2D eigenvalue weighted by atomic mass is 16.6. The summed E-state index contributed by atoms with van der Waals surface area (Å²) in [5.41, 5.74) is 2.57. The topological polar surface area (TPSA) is 86.3 Å². The summed E-state index contributed by atoms with van der Waals surface area (Å²) in [4.78, 5) is 19.6. The first-order chi connectivity index (χ1) is 11.4. The molecule has 6 nitrogen and oxygen atoms in total. The molecule has 0 N–H and O–H groups in total. The Labute approximate surface area is 140 Å². The molecule has 0 radical (unpaired) electrons. The maximum Gasteiger partial charge on any atom is 0.237 e. The van der Waals surface area contributed by atoms with Gasteiger partial charge in [0.2, 0.25) is 12.7 Å². The van der Waals surface area contributed by atoms with Gasteiger partial charge in [0.15, 0.2) is 0 Å². The van der Waals surface area contributed by atoms with Gasteiger partial charge in [-0.15, -0.1) is 0 Å². The third kappa shape index (κ3) is 7.31. The zero-order valence-electron chi connectivity index (χ0n) is 13.7. The fourth-order valence-electron chi connectivity index (χ4n) is 2.04. The molecule has 1 atom stereocenters. The fourth-order valence-corrected chi connectivity index (χ4v) is 2.04. The van der Waals surface area contributed by atoms with Gasteiger partial charge in [-0.05, 0) is 18.1 Å². The minimum absolute atomic E-state index is 0.00111. The smallest absolute Gasteiger partial charge is 0.237 e. The Morgan fingerprint density at radius 1 is 1.00 bits per heavy atom. The van der Waals surface area contributed by atoms with Gasteiger partial charge in [-0.25, -0.2) is 0 Å². The van der Waals surface area contributed by atoms with Crippen LogP contribution in [0.3, 0.4) is 0 Å². The van der Waals surface area contributed by atoms with Crippen LogP contribution in [0.25, 0.3) is 5.57 Å². The van der Waals surface area contributed by atoms with E-state index >= 15 is 0 Å². The maximum absolute atomic E-state index is 10.2. The van der Waals surface area contributed by atoms with Crippen LogP contribution in [-0.2, 0) is 0 Å². The van der Waals surface area contributed by atoms with Crippen LogP contribution >= 0.6 is 0 Å². The first kappa shape index (κ1) is 19.0. The monoisotopic (exact) mass is 328 g/mol. The SMILES string of the molecule is C/C(=C\[N+](=O)[O-])c1ccccc1.C[C@@H](C[N+](=O)[O-])c1ccccc1. The number of hydrogen-bond acceptors (Lipinski definition) is 4. The van der Waals surface area contributed by atoms with Crippen molar-refractivity contribution in [3.8, 4) is 0 Å². The van der Waals surface area contributed by atoms with Gasteiger partial charge in [-0.2, -0.15) is 0 Å². The number of hydrogen-bond donors (Lipinski definition) is 0. The number of nitrogens with zero attached hydrogens (tertiary/aromatic N) is 2. The molecule has 126 valence electrons. The quantitative estimate of drug-likeness (QED) is 0.601. The van der Waals surface area contributed by atoms with Gasteiger partial charge in [0.25, 0.3) is 0 Å². The van der Waals surface area contributed by atoms with Crippen LogP contribution in [0.15, 0.2) is 66.9 Å². The fraction of sp³-hybridized carbons (Fsp3) is 0.222. The molecule has 0 aliphatic carbocycles. The lowest BCUT2D eigenvalue weighted by atomic mass is 10.0. The number of allylic oxidation sites excluding steroid dienone is 1. The van der Waals surface area contributed by atoms with E-state index in [1.807, 2.05) is 67.6 Å².